The molecule has 0 aromatic heterocycles. The van der Waals surface area contributed by atoms with E-state index in [1.54, 1.807) is 0 Å². The van der Waals surface area contributed by atoms with Crippen molar-refractivity contribution in [3.8, 4) is 0 Å². The fraction of sp³-hybridized carbons (Fsp3) is 0.250. The normalized spacial score (nSPS) is 11.8. The lowest BCUT2D eigenvalue weighted by Gasteiger charge is -2.18. The Hall–Kier alpha value is -1.45. The maximum absolute atomic E-state index is 10.8. The lowest BCUT2D eigenvalue weighted by Crippen LogP contribution is -2.12. The van der Waals surface area contributed by atoms with Crippen molar-refractivity contribution in [1.82, 2.24) is 5.09 Å². The van der Waals surface area contributed by atoms with E-state index >= 15 is 0 Å². The van der Waals surface area contributed by atoms with Gasteiger partial charge >= 0.3 is 7.75 Å². The molecule has 2 rings (SSSR count). The van der Waals surface area contributed by atoms with E-state index in [-0.39, 0.29) is 5.92 Å². The topological polar surface area (TPSA) is 69.6 Å². The van der Waals surface area contributed by atoms with Crippen LogP contribution in [0.25, 0.3) is 0 Å². The average Bonchev–Trinajstić information content (AvgIpc) is 2.48. The fourth-order valence-electron chi connectivity index (χ4n) is 2.43. The van der Waals surface area contributed by atoms with Crippen molar-refractivity contribution >= 4 is 7.75 Å². The molecule has 0 fully saturated rings. The first kappa shape index (κ1) is 15.9. The molecule has 0 atom stereocenters. The zero-order chi connectivity index (χ0) is 15.1. The molecule has 0 radical (unpaired) electrons. The van der Waals surface area contributed by atoms with E-state index in [1.165, 1.54) is 11.1 Å². The highest BCUT2D eigenvalue weighted by Gasteiger charge is 2.15. The van der Waals surface area contributed by atoms with E-state index in [2.05, 4.69) is 29.4 Å². The zero-order valence-electron chi connectivity index (χ0n) is 11.7. The molecule has 2 aromatic carbocycles. The molecule has 112 valence electrons. The Bertz CT molecular complexity index is 543. The van der Waals surface area contributed by atoms with Crippen molar-refractivity contribution in [3.63, 3.8) is 0 Å². The van der Waals surface area contributed by atoms with Crippen molar-refractivity contribution in [2.45, 2.75) is 18.8 Å². The third kappa shape index (κ3) is 5.44. The molecule has 4 nitrogen and oxygen atoms in total. The molecule has 21 heavy (non-hydrogen) atoms. The first-order valence-electron chi connectivity index (χ1n) is 6.97. The Balaban J connectivity index is 2.05. The van der Waals surface area contributed by atoms with Gasteiger partial charge in [0.2, 0.25) is 0 Å². The highest BCUT2D eigenvalue weighted by molar-refractivity contribution is 7.49. The second-order valence-corrected chi connectivity index (χ2v) is 6.37. The fourth-order valence-corrected chi connectivity index (χ4v) is 2.88. The summed E-state index contributed by atoms with van der Waals surface area (Å²) in [4.78, 5) is 17.6. The Labute approximate surface area is 125 Å². The maximum atomic E-state index is 10.8. The molecule has 0 aliphatic heterocycles. The first-order valence-corrected chi connectivity index (χ1v) is 8.58. The monoisotopic (exact) mass is 305 g/mol. The van der Waals surface area contributed by atoms with Crippen LogP contribution < -0.4 is 5.09 Å². The summed E-state index contributed by atoms with van der Waals surface area (Å²) in [6.07, 6.45) is 1.53. The Morgan fingerprint density at radius 3 is 1.81 bits per heavy atom. The lowest BCUT2D eigenvalue weighted by atomic mass is 9.87. The predicted octanol–water partition coefficient (Wildman–Crippen LogP) is 3.28. The summed E-state index contributed by atoms with van der Waals surface area (Å²) in [5.74, 6) is 0.242. The molecule has 0 aliphatic carbocycles. The van der Waals surface area contributed by atoms with Crippen molar-refractivity contribution in [2.24, 2.45) is 0 Å². The van der Waals surface area contributed by atoms with Gasteiger partial charge in [0.15, 0.2) is 0 Å². The smallest absolute Gasteiger partial charge is 0.313 e. The van der Waals surface area contributed by atoms with E-state index in [1.807, 2.05) is 36.4 Å². The quantitative estimate of drug-likeness (QED) is 0.542. The summed E-state index contributed by atoms with van der Waals surface area (Å²) >= 11 is 0. The standard InChI is InChI=1S/C16H20NO3P/c18-21(19,20)17-13-7-12-16(14-8-3-1-4-9-14)15-10-5-2-6-11-15/h1-6,8-11,16H,7,12-13H2,(H3,17,18,19,20). The molecule has 0 aliphatic rings. The zero-order valence-corrected chi connectivity index (χ0v) is 12.6. The SMILES string of the molecule is O=P(O)(O)NCCCC(c1ccccc1)c1ccccc1. The van der Waals surface area contributed by atoms with Gasteiger partial charge in [-0.1, -0.05) is 60.7 Å². The van der Waals surface area contributed by atoms with Crippen LogP contribution in [0.4, 0.5) is 0 Å². The van der Waals surface area contributed by atoms with Crippen LogP contribution in [-0.4, -0.2) is 16.3 Å². The Morgan fingerprint density at radius 1 is 0.905 bits per heavy atom. The van der Waals surface area contributed by atoms with Gasteiger partial charge in [0, 0.05) is 12.5 Å². The van der Waals surface area contributed by atoms with E-state index in [0.717, 1.165) is 6.42 Å². The molecule has 0 unspecified atom stereocenters. The van der Waals surface area contributed by atoms with Crippen LogP contribution in [0.5, 0.6) is 0 Å². The first-order chi connectivity index (χ1) is 10.1. The van der Waals surface area contributed by atoms with Gasteiger partial charge in [-0.3, -0.25) is 0 Å². The van der Waals surface area contributed by atoms with Gasteiger partial charge in [-0.15, -0.1) is 0 Å². The van der Waals surface area contributed by atoms with E-state index in [9.17, 15) is 4.57 Å². The third-order valence-corrected chi connectivity index (χ3v) is 4.03. The number of hydrogen-bond acceptors (Lipinski definition) is 1. The molecule has 3 N–H and O–H groups in total. The predicted molar refractivity (Wildman–Crippen MR) is 84.0 cm³/mol. The molecular formula is C16H20NO3P. The van der Waals surface area contributed by atoms with Gasteiger partial charge in [-0.25, -0.2) is 9.65 Å². The van der Waals surface area contributed by atoms with Crippen LogP contribution in [0, 0.1) is 0 Å². The number of hydrogen-bond donors (Lipinski definition) is 3. The summed E-state index contributed by atoms with van der Waals surface area (Å²) < 4.78 is 10.8. The summed E-state index contributed by atoms with van der Waals surface area (Å²) in [6, 6.07) is 20.4. The van der Waals surface area contributed by atoms with Crippen LogP contribution in [0.2, 0.25) is 0 Å². The minimum absolute atomic E-state index is 0.242. The highest BCUT2D eigenvalue weighted by atomic mass is 31.2. The van der Waals surface area contributed by atoms with Gasteiger partial charge in [0.25, 0.3) is 0 Å². The highest BCUT2D eigenvalue weighted by Crippen LogP contribution is 2.31. The second kappa shape index (κ2) is 7.53. The number of rotatable bonds is 7. The van der Waals surface area contributed by atoms with Gasteiger partial charge in [0.05, 0.1) is 0 Å². The molecule has 0 bridgehead atoms. The molecule has 0 saturated heterocycles. The minimum atomic E-state index is -4.12. The molecular weight excluding hydrogens is 285 g/mol. The average molecular weight is 305 g/mol. The molecule has 0 heterocycles. The number of nitrogens with one attached hydrogen (secondary N) is 1. The van der Waals surface area contributed by atoms with Crippen LogP contribution in [0.15, 0.2) is 60.7 Å². The van der Waals surface area contributed by atoms with Crippen LogP contribution in [0.3, 0.4) is 0 Å². The van der Waals surface area contributed by atoms with Crippen LogP contribution >= 0.6 is 7.75 Å². The second-order valence-electron chi connectivity index (χ2n) is 4.97. The van der Waals surface area contributed by atoms with Crippen LogP contribution in [0.1, 0.15) is 29.9 Å². The minimum Gasteiger partial charge on any atom is -0.313 e. The lowest BCUT2D eigenvalue weighted by molar-refractivity contribution is 0.356. The van der Waals surface area contributed by atoms with Crippen molar-refractivity contribution in [1.29, 1.82) is 0 Å². The Morgan fingerprint density at radius 2 is 1.38 bits per heavy atom. The van der Waals surface area contributed by atoms with Crippen molar-refractivity contribution < 1.29 is 14.4 Å². The van der Waals surface area contributed by atoms with E-state index in [0.29, 0.717) is 13.0 Å². The maximum Gasteiger partial charge on any atom is 0.400 e. The van der Waals surface area contributed by atoms with Gasteiger partial charge in [0.1, 0.15) is 0 Å². The Kier molecular flexibility index (Phi) is 5.71. The summed E-state index contributed by atoms with van der Waals surface area (Å²) in [5.41, 5.74) is 2.44. The molecule has 2 aromatic rings. The number of benzene rings is 2. The summed E-state index contributed by atoms with van der Waals surface area (Å²) in [5, 5.41) is 2.25. The summed E-state index contributed by atoms with van der Waals surface area (Å²) in [7, 11) is -4.12. The molecule has 5 heteroatoms. The molecule has 0 spiro atoms. The van der Waals surface area contributed by atoms with Crippen LogP contribution in [-0.2, 0) is 4.57 Å². The van der Waals surface area contributed by atoms with E-state index in [4.69, 9.17) is 9.79 Å². The third-order valence-electron chi connectivity index (χ3n) is 3.39. The van der Waals surface area contributed by atoms with Crippen molar-refractivity contribution in [3.05, 3.63) is 71.8 Å². The summed E-state index contributed by atoms with van der Waals surface area (Å²) in [6.45, 7) is 0.306. The van der Waals surface area contributed by atoms with E-state index < -0.39 is 7.75 Å². The van der Waals surface area contributed by atoms with Gasteiger partial charge in [-0.2, -0.15) is 0 Å². The molecule has 0 amide bonds. The van der Waals surface area contributed by atoms with Gasteiger partial charge in [-0.05, 0) is 24.0 Å². The van der Waals surface area contributed by atoms with Crippen molar-refractivity contribution in [2.75, 3.05) is 6.54 Å². The molecule has 0 saturated carbocycles. The largest absolute Gasteiger partial charge is 0.400 e. The van der Waals surface area contributed by atoms with Gasteiger partial charge < -0.3 is 9.79 Å².